The van der Waals surface area contributed by atoms with Crippen LogP contribution in [0.3, 0.4) is 0 Å². The SMILES string of the molecule is CS(C)=O.C[C@H](NC(=S)N[C@@H](C)c1cccc2ccccc12)c1cccc2ccccc12. The molecule has 0 aliphatic carbocycles. The van der Waals surface area contributed by atoms with E-state index in [1.807, 2.05) is 0 Å². The van der Waals surface area contributed by atoms with E-state index < -0.39 is 10.8 Å². The zero-order chi connectivity index (χ0) is 23.1. The van der Waals surface area contributed by atoms with E-state index in [2.05, 4.69) is 109 Å². The minimum atomic E-state index is -0.611. The van der Waals surface area contributed by atoms with Crippen molar-refractivity contribution in [3.05, 3.63) is 96.1 Å². The molecule has 0 aliphatic heterocycles. The molecule has 32 heavy (non-hydrogen) atoms. The maximum absolute atomic E-state index is 9.56. The van der Waals surface area contributed by atoms with Gasteiger partial charge in [-0.05, 0) is 58.7 Å². The third kappa shape index (κ3) is 6.15. The van der Waals surface area contributed by atoms with E-state index in [1.165, 1.54) is 32.7 Å². The summed E-state index contributed by atoms with van der Waals surface area (Å²) in [7, 11) is -0.611. The predicted octanol–water partition coefficient (Wildman–Crippen LogP) is 6.27. The lowest BCUT2D eigenvalue weighted by Crippen LogP contribution is -2.38. The van der Waals surface area contributed by atoms with E-state index in [4.69, 9.17) is 12.2 Å². The Balaban J connectivity index is 0.000000668. The second-order valence-corrected chi connectivity index (χ2v) is 9.83. The Morgan fingerprint density at radius 3 is 1.44 bits per heavy atom. The first-order valence-electron chi connectivity index (χ1n) is 10.6. The monoisotopic (exact) mass is 462 g/mol. The molecular weight excluding hydrogens is 432 g/mol. The van der Waals surface area contributed by atoms with Crippen molar-refractivity contribution in [2.75, 3.05) is 12.5 Å². The van der Waals surface area contributed by atoms with Crippen molar-refractivity contribution >= 4 is 49.7 Å². The summed E-state index contributed by atoms with van der Waals surface area (Å²) in [6.45, 7) is 4.30. The Bertz CT molecular complexity index is 1130. The highest BCUT2D eigenvalue weighted by Gasteiger charge is 2.14. The molecule has 4 aromatic carbocycles. The van der Waals surface area contributed by atoms with Crippen molar-refractivity contribution < 1.29 is 4.21 Å². The predicted molar refractivity (Wildman–Crippen MR) is 144 cm³/mol. The molecule has 0 aliphatic rings. The lowest BCUT2D eigenvalue weighted by atomic mass is 9.99. The highest BCUT2D eigenvalue weighted by molar-refractivity contribution is 7.83. The molecule has 0 spiro atoms. The lowest BCUT2D eigenvalue weighted by molar-refractivity contribution is 0.661. The molecular formula is C27H30N2OS2. The third-order valence-electron chi connectivity index (χ3n) is 5.27. The maximum Gasteiger partial charge on any atom is 0.167 e. The minimum absolute atomic E-state index is 0.116. The average molecular weight is 463 g/mol. The average Bonchev–Trinajstić information content (AvgIpc) is 2.77. The van der Waals surface area contributed by atoms with Gasteiger partial charge in [-0.2, -0.15) is 0 Å². The van der Waals surface area contributed by atoms with E-state index in [0.717, 1.165) is 0 Å². The van der Waals surface area contributed by atoms with Gasteiger partial charge in [0, 0.05) is 23.3 Å². The Labute approximate surface area is 198 Å². The summed E-state index contributed by atoms with van der Waals surface area (Å²) in [6, 6.07) is 30.0. The summed E-state index contributed by atoms with van der Waals surface area (Å²) in [5, 5.41) is 12.6. The summed E-state index contributed by atoms with van der Waals surface area (Å²) >= 11 is 5.63. The Kier molecular flexibility index (Phi) is 8.37. The van der Waals surface area contributed by atoms with Gasteiger partial charge in [-0.15, -0.1) is 0 Å². The number of hydrogen-bond donors (Lipinski definition) is 2. The summed E-state index contributed by atoms with van der Waals surface area (Å²) in [4.78, 5) is 0. The first-order chi connectivity index (χ1) is 15.4. The molecule has 0 saturated carbocycles. The molecule has 4 aromatic rings. The number of fused-ring (bicyclic) bond motifs is 2. The van der Waals surface area contributed by atoms with Crippen LogP contribution in [0.2, 0.25) is 0 Å². The molecule has 0 heterocycles. The maximum atomic E-state index is 9.56. The van der Waals surface area contributed by atoms with Crippen molar-refractivity contribution in [1.29, 1.82) is 0 Å². The number of rotatable bonds is 4. The first kappa shape index (κ1) is 23.9. The Morgan fingerprint density at radius 2 is 1.03 bits per heavy atom. The number of benzene rings is 4. The van der Waals surface area contributed by atoms with Crippen molar-refractivity contribution in [3.63, 3.8) is 0 Å². The fraction of sp³-hybridized carbons (Fsp3) is 0.222. The number of hydrogen-bond acceptors (Lipinski definition) is 2. The van der Waals surface area contributed by atoms with Crippen LogP contribution >= 0.6 is 12.2 Å². The van der Waals surface area contributed by atoms with E-state index in [1.54, 1.807) is 12.5 Å². The smallest absolute Gasteiger partial charge is 0.167 e. The highest BCUT2D eigenvalue weighted by atomic mass is 32.2. The van der Waals surface area contributed by atoms with Gasteiger partial charge in [0.15, 0.2) is 5.11 Å². The largest absolute Gasteiger partial charge is 0.356 e. The van der Waals surface area contributed by atoms with Crippen molar-refractivity contribution in [3.8, 4) is 0 Å². The topological polar surface area (TPSA) is 41.1 Å². The van der Waals surface area contributed by atoms with Crippen LogP contribution in [0.25, 0.3) is 21.5 Å². The zero-order valence-electron chi connectivity index (χ0n) is 19.0. The molecule has 0 saturated heterocycles. The standard InChI is InChI=1S/C25H24N2S.C2H6OS/c1-17(21-15-7-11-19-9-3-5-13-23(19)21)26-25(28)27-18(2)22-16-8-12-20-10-4-6-14-24(20)22;1-4(2)3/h3-18H,1-2H3,(H2,26,27,28);1-2H3/t17-,18-;/m0./s1. The van der Waals surface area contributed by atoms with E-state index in [9.17, 15) is 4.21 Å². The van der Waals surface area contributed by atoms with Crippen LogP contribution in [0, 0.1) is 0 Å². The van der Waals surface area contributed by atoms with E-state index >= 15 is 0 Å². The van der Waals surface area contributed by atoms with Crippen LogP contribution in [-0.2, 0) is 10.8 Å². The second kappa shape index (κ2) is 11.2. The highest BCUT2D eigenvalue weighted by Crippen LogP contribution is 2.25. The minimum Gasteiger partial charge on any atom is -0.356 e. The van der Waals surface area contributed by atoms with Gasteiger partial charge in [-0.25, -0.2) is 0 Å². The Hall–Kier alpha value is -2.76. The fourth-order valence-corrected chi connectivity index (χ4v) is 4.20. The van der Waals surface area contributed by atoms with Crippen molar-refractivity contribution in [2.45, 2.75) is 25.9 Å². The van der Waals surface area contributed by atoms with Crippen LogP contribution in [0.4, 0.5) is 0 Å². The van der Waals surface area contributed by atoms with Gasteiger partial charge in [0.25, 0.3) is 0 Å². The van der Waals surface area contributed by atoms with Crippen LogP contribution in [0.1, 0.15) is 37.1 Å². The summed E-state index contributed by atoms with van der Waals surface area (Å²) in [5.74, 6) is 0. The molecule has 0 fully saturated rings. The zero-order valence-corrected chi connectivity index (χ0v) is 20.6. The van der Waals surface area contributed by atoms with Crippen molar-refractivity contribution in [2.24, 2.45) is 0 Å². The summed E-state index contributed by atoms with van der Waals surface area (Å²) in [5.41, 5.74) is 2.50. The number of nitrogens with one attached hydrogen (secondary N) is 2. The molecule has 2 atom stereocenters. The van der Waals surface area contributed by atoms with Gasteiger partial charge < -0.3 is 10.6 Å². The van der Waals surface area contributed by atoms with E-state index in [-0.39, 0.29) is 12.1 Å². The number of thiocarbonyl (C=S) groups is 1. The van der Waals surface area contributed by atoms with Gasteiger partial charge in [0.2, 0.25) is 0 Å². The van der Waals surface area contributed by atoms with Crippen molar-refractivity contribution in [1.82, 2.24) is 10.6 Å². The molecule has 0 aromatic heterocycles. The molecule has 2 N–H and O–H groups in total. The fourth-order valence-electron chi connectivity index (χ4n) is 3.85. The van der Waals surface area contributed by atoms with Gasteiger partial charge in [0.05, 0.1) is 12.1 Å². The van der Waals surface area contributed by atoms with Crippen LogP contribution in [-0.4, -0.2) is 21.8 Å². The van der Waals surface area contributed by atoms with Crippen LogP contribution in [0.5, 0.6) is 0 Å². The summed E-state index contributed by atoms with van der Waals surface area (Å²) in [6.07, 6.45) is 3.28. The third-order valence-corrected chi connectivity index (χ3v) is 5.51. The van der Waals surface area contributed by atoms with E-state index in [0.29, 0.717) is 5.11 Å². The molecule has 5 heteroatoms. The van der Waals surface area contributed by atoms with Gasteiger partial charge in [-0.3, -0.25) is 4.21 Å². The first-order valence-corrected chi connectivity index (χ1v) is 13.0. The molecule has 0 bridgehead atoms. The molecule has 0 amide bonds. The molecule has 4 rings (SSSR count). The summed E-state index contributed by atoms with van der Waals surface area (Å²) < 4.78 is 9.56. The van der Waals surface area contributed by atoms with Gasteiger partial charge in [-0.1, -0.05) is 84.9 Å². The quantitative estimate of drug-likeness (QED) is 0.351. The molecule has 166 valence electrons. The molecule has 0 radical (unpaired) electrons. The van der Waals surface area contributed by atoms with Crippen LogP contribution in [0.15, 0.2) is 84.9 Å². The van der Waals surface area contributed by atoms with Gasteiger partial charge >= 0.3 is 0 Å². The lowest BCUT2D eigenvalue weighted by Gasteiger charge is -2.23. The normalized spacial score (nSPS) is 12.7. The Morgan fingerprint density at radius 1 is 0.688 bits per heavy atom. The second-order valence-electron chi connectivity index (χ2n) is 7.94. The van der Waals surface area contributed by atoms with Crippen LogP contribution < -0.4 is 10.6 Å². The molecule has 3 nitrogen and oxygen atoms in total. The van der Waals surface area contributed by atoms with Gasteiger partial charge in [0.1, 0.15) is 0 Å². The molecule has 0 unspecified atom stereocenters.